The minimum Gasteiger partial charge on any atom is -0.497 e. The molecule has 0 bridgehead atoms. The van der Waals surface area contributed by atoms with Gasteiger partial charge in [0.05, 0.1) is 7.11 Å². The van der Waals surface area contributed by atoms with Gasteiger partial charge in [0.15, 0.2) is 0 Å². The molecule has 1 aromatic carbocycles. The number of aromatic nitrogens is 2. The van der Waals surface area contributed by atoms with Crippen LogP contribution in [0.4, 0.5) is 0 Å². The van der Waals surface area contributed by atoms with Gasteiger partial charge in [-0.1, -0.05) is 13.0 Å². The van der Waals surface area contributed by atoms with E-state index in [1.807, 2.05) is 25.1 Å². The van der Waals surface area contributed by atoms with Crippen LogP contribution in [0.3, 0.4) is 0 Å². The van der Waals surface area contributed by atoms with Crippen LogP contribution >= 0.6 is 0 Å². The number of nitrogens with zero attached hydrogens (tertiary/aromatic N) is 2. The Morgan fingerprint density at radius 2 is 2.05 bits per heavy atom. The molecular formula is C16H21N3O2. The number of aryl methyl sites for hydroxylation is 1. The topological polar surface area (TPSA) is 56.3 Å². The average Bonchev–Trinajstić information content (AvgIpc) is 2.50. The smallest absolute Gasteiger partial charge is 0.322 e. The molecule has 0 unspecified atom stereocenters. The Balaban J connectivity index is 2.05. The number of ether oxygens (including phenoxy) is 2. The molecule has 21 heavy (non-hydrogen) atoms. The van der Waals surface area contributed by atoms with Crippen LogP contribution in [-0.4, -0.2) is 23.6 Å². The molecule has 5 heteroatoms. The van der Waals surface area contributed by atoms with Crippen LogP contribution in [0.5, 0.6) is 17.5 Å². The lowest BCUT2D eigenvalue weighted by molar-refractivity contribution is 0.403. The molecule has 112 valence electrons. The van der Waals surface area contributed by atoms with Crippen LogP contribution in [0.1, 0.15) is 24.6 Å². The average molecular weight is 287 g/mol. The van der Waals surface area contributed by atoms with E-state index >= 15 is 0 Å². The molecule has 5 nitrogen and oxygen atoms in total. The number of methoxy groups -OCH3 is 1. The van der Waals surface area contributed by atoms with E-state index in [1.165, 1.54) is 0 Å². The zero-order valence-corrected chi connectivity index (χ0v) is 12.7. The molecule has 1 aromatic heterocycles. The van der Waals surface area contributed by atoms with E-state index < -0.39 is 0 Å². The molecule has 0 spiro atoms. The van der Waals surface area contributed by atoms with Crippen molar-refractivity contribution >= 4 is 0 Å². The lowest BCUT2D eigenvalue weighted by Gasteiger charge is -2.09. The molecule has 0 aliphatic carbocycles. The zero-order chi connectivity index (χ0) is 15.1. The van der Waals surface area contributed by atoms with Gasteiger partial charge in [0.2, 0.25) is 0 Å². The van der Waals surface area contributed by atoms with E-state index in [0.29, 0.717) is 11.8 Å². The summed E-state index contributed by atoms with van der Waals surface area (Å²) >= 11 is 0. The van der Waals surface area contributed by atoms with Gasteiger partial charge in [0.1, 0.15) is 11.5 Å². The zero-order valence-electron chi connectivity index (χ0n) is 12.7. The molecule has 0 saturated carbocycles. The fourth-order valence-electron chi connectivity index (χ4n) is 1.86. The van der Waals surface area contributed by atoms with Crippen LogP contribution in [0.15, 0.2) is 30.5 Å². The molecule has 0 amide bonds. The van der Waals surface area contributed by atoms with Crippen molar-refractivity contribution in [3.8, 4) is 17.5 Å². The first-order chi connectivity index (χ1) is 10.2. The first-order valence-corrected chi connectivity index (χ1v) is 7.08. The molecular weight excluding hydrogens is 266 g/mol. The molecule has 2 aromatic rings. The number of nitrogens with one attached hydrogen (secondary N) is 1. The second-order valence-electron chi connectivity index (χ2n) is 4.72. The first-order valence-electron chi connectivity index (χ1n) is 7.08. The van der Waals surface area contributed by atoms with Crippen LogP contribution in [0, 0.1) is 6.92 Å². The minimum atomic E-state index is 0.347. The van der Waals surface area contributed by atoms with Gasteiger partial charge in [-0.2, -0.15) is 4.98 Å². The molecule has 0 aliphatic heterocycles. The fraction of sp³-hybridized carbons (Fsp3) is 0.375. The number of benzene rings is 1. The van der Waals surface area contributed by atoms with Gasteiger partial charge in [-0.3, -0.25) is 0 Å². The lowest BCUT2D eigenvalue weighted by atomic mass is 10.2. The van der Waals surface area contributed by atoms with Crippen molar-refractivity contribution in [1.29, 1.82) is 0 Å². The Bertz CT molecular complexity index is 587. The molecule has 0 atom stereocenters. The van der Waals surface area contributed by atoms with Crippen molar-refractivity contribution in [3.63, 3.8) is 0 Å². The molecule has 2 rings (SSSR count). The number of rotatable bonds is 7. The molecule has 0 fully saturated rings. The Morgan fingerprint density at radius 3 is 2.76 bits per heavy atom. The predicted molar refractivity (Wildman–Crippen MR) is 81.8 cm³/mol. The van der Waals surface area contributed by atoms with Gasteiger partial charge in [0.25, 0.3) is 0 Å². The maximum absolute atomic E-state index is 5.66. The summed E-state index contributed by atoms with van der Waals surface area (Å²) in [5, 5.41) is 3.34. The van der Waals surface area contributed by atoms with Crippen molar-refractivity contribution < 1.29 is 9.47 Å². The summed E-state index contributed by atoms with van der Waals surface area (Å²) in [4.78, 5) is 8.64. The van der Waals surface area contributed by atoms with Crippen LogP contribution in [-0.2, 0) is 6.54 Å². The molecule has 0 aliphatic rings. The monoisotopic (exact) mass is 287 g/mol. The molecule has 1 heterocycles. The molecule has 0 radical (unpaired) electrons. The van der Waals surface area contributed by atoms with Crippen molar-refractivity contribution in [1.82, 2.24) is 15.3 Å². The highest BCUT2D eigenvalue weighted by atomic mass is 16.5. The summed E-state index contributed by atoms with van der Waals surface area (Å²) in [5.41, 5.74) is 2.01. The van der Waals surface area contributed by atoms with E-state index in [9.17, 15) is 0 Å². The highest BCUT2D eigenvalue weighted by Gasteiger charge is 2.06. The summed E-state index contributed by atoms with van der Waals surface area (Å²) in [7, 11) is 1.62. The van der Waals surface area contributed by atoms with Gasteiger partial charge in [-0.05, 0) is 32.0 Å². The molecule has 0 saturated heterocycles. The van der Waals surface area contributed by atoms with E-state index in [2.05, 4.69) is 22.2 Å². The van der Waals surface area contributed by atoms with Gasteiger partial charge in [-0.15, -0.1) is 0 Å². The minimum absolute atomic E-state index is 0.347. The van der Waals surface area contributed by atoms with Crippen LogP contribution in [0.25, 0.3) is 0 Å². The van der Waals surface area contributed by atoms with Crippen LogP contribution in [0.2, 0.25) is 0 Å². The van der Waals surface area contributed by atoms with E-state index in [1.54, 1.807) is 19.4 Å². The summed E-state index contributed by atoms with van der Waals surface area (Å²) in [6.07, 6.45) is 2.91. The van der Waals surface area contributed by atoms with Gasteiger partial charge < -0.3 is 14.8 Å². The lowest BCUT2D eigenvalue weighted by Crippen LogP contribution is -2.15. The Morgan fingerprint density at radius 1 is 1.24 bits per heavy atom. The highest BCUT2D eigenvalue weighted by molar-refractivity contribution is 5.34. The predicted octanol–water partition coefficient (Wildman–Crippen LogP) is 3.09. The van der Waals surface area contributed by atoms with Gasteiger partial charge in [0, 0.05) is 30.1 Å². The third kappa shape index (κ3) is 4.43. The standard InChI is InChI=1S/C16H21N3O2/c1-4-8-17-10-13-11-18-16(19-12(13)2)21-15-7-5-6-14(9-15)20-3/h5-7,9,11,17H,4,8,10H2,1-3H3. The second-order valence-corrected chi connectivity index (χ2v) is 4.72. The van der Waals surface area contributed by atoms with E-state index in [0.717, 1.165) is 36.5 Å². The van der Waals surface area contributed by atoms with E-state index in [4.69, 9.17) is 9.47 Å². The van der Waals surface area contributed by atoms with Crippen molar-refractivity contribution in [3.05, 3.63) is 41.7 Å². The highest BCUT2D eigenvalue weighted by Crippen LogP contribution is 2.23. The molecule has 1 N–H and O–H groups in total. The van der Waals surface area contributed by atoms with Gasteiger partial charge >= 0.3 is 6.01 Å². The van der Waals surface area contributed by atoms with Gasteiger partial charge in [-0.25, -0.2) is 4.98 Å². The quantitative estimate of drug-likeness (QED) is 0.793. The maximum atomic E-state index is 5.66. The van der Waals surface area contributed by atoms with Crippen LogP contribution < -0.4 is 14.8 Å². The second kappa shape index (κ2) is 7.59. The van der Waals surface area contributed by atoms with Crippen molar-refractivity contribution in [2.45, 2.75) is 26.8 Å². The van der Waals surface area contributed by atoms with Crippen molar-refractivity contribution in [2.75, 3.05) is 13.7 Å². The fourth-order valence-corrected chi connectivity index (χ4v) is 1.86. The SMILES string of the molecule is CCCNCc1cnc(Oc2cccc(OC)c2)nc1C. The number of hydrogen-bond acceptors (Lipinski definition) is 5. The third-order valence-electron chi connectivity index (χ3n) is 3.05. The summed E-state index contributed by atoms with van der Waals surface area (Å²) in [6, 6.07) is 7.72. The number of hydrogen-bond donors (Lipinski definition) is 1. The summed E-state index contributed by atoms with van der Waals surface area (Å²) < 4.78 is 10.8. The summed E-state index contributed by atoms with van der Waals surface area (Å²) in [5.74, 6) is 1.40. The Labute approximate surface area is 125 Å². The largest absolute Gasteiger partial charge is 0.497 e. The summed E-state index contributed by atoms with van der Waals surface area (Å²) in [6.45, 7) is 5.87. The van der Waals surface area contributed by atoms with E-state index in [-0.39, 0.29) is 0 Å². The Kier molecular flexibility index (Phi) is 5.51. The maximum Gasteiger partial charge on any atom is 0.322 e. The third-order valence-corrected chi connectivity index (χ3v) is 3.05. The Hall–Kier alpha value is -2.14. The van der Waals surface area contributed by atoms with Crippen molar-refractivity contribution in [2.24, 2.45) is 0 Å². The first kappa shape index (κ1) is 15.3. The normalized spacial score (nSPS) is 10.4.